The van der Waals surface area contributed by atoms with Crippen LogP contribution < -0.4 is 9.47 Å². The van der Waals surface area contributed by atoms with Crippen LogP contribution in [0.15, 0.2) is 65.4 Å². The molecule has 0 saturated carbocycles. The number of carboxylic acid groups (broad SMARTS) is 1. The Morgan fingerprint density at radius 1 is 1.02 bits per heavy atom. The standard InChI is InChI=1S/C31H28F2N2O6/c1-31(2,11-9-19-10-12-41-34-19)29-27(17-5-7-21(30(37)38)25(13-17)39-3)28-23(14-18(32)15-24(28)36)35(29)20-6-8-22(33)26(16-20)40-4/h5-8,10,12-16,36H,9,11H2,1-4H3,(H,37,38). The second-order valence-electron chi connectivity index (χ2n) is 10.3. The van der Waals surface area contributed by atoms with Gasteiger partial charge in [0.15, 0.2) is 11.6 Å². The monoisotopic (exact) mass is 562 g/mol. The summed E-state index contributed by atoms with van der Waals surface area (Å²) in [6.07, 6.45) is 2.58. The van der Waals surface area contributed by atoms with Crippen LogP contribution in [-0.4, -0.2) is 40.1 Å². The second kappa shape index (κ2) is 10.6. The van der Waals surface area contributed by atoms with Gasteiger partial charge in [0.2, 0.25) is 0 Å². The number of rotatable bonds is 9. The van der Waals surface area contributed by atoms with Crippen molar-refractivity contribution >= 4 is 16.9 Å². The molecular formula is C31H28F2N2O6. The summed E-state index contributed by atoms with van der Waals surface area (Å²) in [5.74, 6) is -2.59. The Morgan fingerprint density at radius 3 is 2.44 bits per heavy atom. The van der Waals surface area contributed by atoms with Gasteiger partial charge < -0.3 is 28.8 Å². The highest BCUT2D eigenvalue weighted by molar-refractivity contribution is 6.04. The maximum Gasteiger partial charge on any atom is 0.339 e. The molecule has 2 heterocycles. The molecule has 0 aliphatic heterocycles. The average Bonchev–Trinajstić information content (AvgIpc) is 3.58. The van der Waals surface area contributed by atoms with Gasteiger partial charge in [-0.2, -0.15) is 0 Å². The predicted molar refractivity (Wildman–Crippen MR) is 148 cm³/mol. The molecule has 41 heavy (non-hydrogen) atoms. The fourth-order valence-corrected chi connectivity index (χ4v) is 5.29. The van der Waals surface area contributed by atoms with Gasteiger partial charge in [-0.05, 0) is 48.7 Å². The number of aryl methyl sites for hydroxylation is 1. The number of phenols is 1. The molecule has 0 saturated heterocycles. The number of methoxy groups -OCH3 is 2. The van der Waals surface area contributed by atoms with E-state index in [-0.39, 0.29) is 22.8 Å². The number of aromatic hydroxyl groups is 1. The quantitative estimate of drug-likeness (QED) is 0.201. The van der Waals surface area contributed by atoms with Crippen molar-refractivity contribution in [3.8, 4) is 34.1 Å². The zero-order valence-electron chi connectivity index (χ0n) is 22.9. The van der Waals surface area contributed by atoms with Crippen LogP contribution in [0, 0.1) is 11.6 Å². The van der Waals surface area contributed by atoms with Crippen molar-refractivity contribution in [1.29, 1.82) is 0 Å². The molecule has 0 unspecified atom stereocenters. The molecule has 10 heteroatoms. The van der Waals surface area contributed by atoms with Crippen molar-refractivity contribution in [1.82, 2.24) is 9.72 Å². The lowest BCUT2D eigenvalue weighted by Crippen LogP contribution is -2.23. The van der Waals surface area contributed by atoms with E-state index in [1.807, 2.05) is 13.8 Å². The molecule has 3 aromatic carbocycles. The summed E-state index contributed by atoms with van der Waals surface area (Å²) in [7, 11) is 2.72. The highest BCUT2D eigenvalue weighted by atomic mass is 19.1. The Hall–Kier alpha value is -4.86. The largest absolute Gasteiger partial charge is 0.507 e. The van der Waals surface area contributed by atoms with Gasteiger partial charge in [-0.3, -0.25) is 0 Å². The zero-order valence-corrected chi connectivity index (χ0v) is 22.9. The average molecular weight is 563 g/mol. The van der Waals surface area contributed by atoms with E-state index in [4.69, 9.17) is 14.0 Å². The topological polar surface area (TPSA) is 107 Å². The number of nitrogens with zero attached hydrogens (tertiary/aromatic N) is 2. The molecule has 2 aromatic heterocycles. The van der Waals surface area contributed by atoms with E-state index in [0.717, 1.165) is 11.8 Å². The fourth-order valence-electron chi connectivity index (χ4n) is 5.29. The molecule has 212 valence electrons. The maximum absolute atomic E-state index is 14.9. The summed E-state index contributed by atoms with van der Waals surface area (Å²) in [6.45, 7) is 4.00. The van der Waals surface area contributed by atoms with E-state index in [2.05, 4.69) is 5.16 Å². The molecule has 5 aromatic rings. The normalized spacial score (nSPS) is 11.7. The Kier molecular flexibility index (Phi) is 7.17. The van der Waals surface area contributed by atoms with Crippen molar-refractivity contribution in [3.63, 3.8) is 0 Å². The van der Waals surface area contributed by atoms with Gasteiger partial charge in [0.25, 0.3) is 0 Å². The van der Waals surface area contributed by atoms with Crippen molar-refractivity contribution < 1.29 is 37.8 Å². The minimum absolute atomic E-state index is 0.00893. The van der Waals surface area contributed by atoms with E-state index in [1.165, 1.54) is 44.7 Å². The third-order valence-corrected chi connectivity index (χ3v) is 7.26. The third-order valence-electron chi connectivity index (χ3n) is 7.26. The number of hydrogen-bond acceptors (Lipinski definition) is 6. The number of carboxylic acids is 1. The van der Waals surface area contributed by atoms with Crippen molar-refractivity contribution in [3.05, 3.63) is 89.4 Å². The van der Waals surface area contributed by atoms with Gasteiger partial charge >= 0.3 is 5.97 Å². The minimum Gasteiger partial charge on any atom is -0.507 e. The molecule has 0 radical (unpaired) electrons. The van der Waals surface area contributed by atoms with Gasteiger partial charge in [-0.15, -0.1) is 0 Å². The van der Waals surface area contributed by atoms with Crippen LogP contribution >= 0.6 is 0 Å². The second-order valence-corrected chi connectivity index (χ2v) is 10.3. The Labute approximate surface area is 234 Å². The lowest BCUT2D eigenvalue weighted by atomic mass is 9.80. The first-order valence-corrected chi connectivity index (χ1v) is 12.8. The van der Waals surface area contributed by atoms with Crippen molar-refractivity contribution in [2.75, 3.05) is 14.2 Å². The number of halogens is 2. The first kappa shape index (κ1) is 27.7. The van der Waals surface area contributed by atoms with Gasteiger partial charge in [0, 0.05) is 40.6 Å². The summed E-state index contributed by atoms with van der Waals surface area (Å²) in [5.41, 5.74) is 2.59. The van der Waals surface area contributed by atoms with E-state index in [0.29, 0.717) is 46.3 Å². The number of benzene rings is 3. The number of aromatic carboxylic acids is 1. The molecule has 0 bridgehead atoms. The predicted octanol–water partition coefficient (Wildman–Crippen LogP) is 6.90. The molecule has 0 atom stereocenters. The summed E-state index contributed by atoms with van der Waals surface area (Å²) in [4.78, 5) is 11.8. The summed E-state index contributed by atoms with van der Waals surface area (Å²) in [5, 5.41) is 25.2. The Balaban J connectivity index is 1.89. The van der Waals surface area contributed by atoms with Gasteiger partial charge in [-0.1, -0.05) is 25.1 Å². The van der Waals surface area contributed by atoms with E-state index < -0.39 is 23.0 Å². The molecule has 8 nitrogen and oxygen atoms in total. The maximum atomic E-state index is 14.9. The lowest BCUT2D eigenvalue weighted by Gasteiger charge is -2.29. The third kappa shape index (κ3) is 4.97. The number of phenolic OH excluding ortho intramolecular Hbond substituents is 1. The Morgan fingerprint density at radius 2 is 1.78 bits per heavy atom. The molecule has 0 amide bonds. The fraction of sp³-hybridized carbons (Fsp3) is 0.226. The van der Waals surface area contributed by atoms with Crippen LogP contribution in [0.3, 0.4) is 0 Å². The minimum atomic E-state index is -1.16. The van der Waals surface area contributed by atoms with E-state index in [1.54, 1.807) is 28.8 Å². The van der Waals surface area contributed by atoms with Crippen LogP contribution in [0.5, 0.6) is 17.2 Å². The molecular weight excluding hydrogens is 534 g/mol. The number of aromatic nitrogens is 2. The highest BCUT2D eigenvalue weighted by Gasteiger charge is 2.34. The van der Waals surface area contributed by atoms with Crippen LogP contribution in [-0.2, 0) is 11.8 Å². The van der Waals surface area contributed by atoms with Gasteiger partial charge in [0.1, 0.15) is 29.1 Å². The van der Waals surface area contributed by atoms with Gasteiger partial charge in [0.05, 0.1) is 30.8 Å². The van der Waals surface area contributed by atoms with Crippen molar-refractivity contribution in [2.24, 2.45) is 0 Å². The zero-order chi connectivity index (χ0) is 29.5. The highest BCUT2D eigenvalue weighted by Crippen LogP contribution is 2.48. The van der Waals surface area contributed by atoms with Crippen molar-refractivity contribution in [2.45, 2.75) is 32.1 Å². The van der Waals surface area contributed by atoms with Crippen LogP contribution in [0.2, 0.25) is 0 Å². The summed E-state index contributed by atoms with van der Waals surface area (Å²) < 4.78 is 46.8. The molecule has 0 fully saturated rings. The molecule has 0 aliphatic carbocycles. The molecule has 0 spiro atoms. The first-order valence-electron chi connectivity index (χ1n) is 12.8. The molecule has 2 N–H and O–H groups in total. The van der Waals surface area contributed by atoms with E-state index in [9.17, 15) is 23.8 Å². The summed E-state index contributed by atoms with van der Waals surface area (Å²) in [6, 6.07) is 13.0. The lowest BCUT2D eigenvalue weighted by molar-refractivity contribution is 0.0693. The van der Waals surface area contributed by atoms with Gasteiger partial charge in [-0.25, -0.2) is 13.6 Å². The van der Waals surface area contributed by atoms with Crippen LogP contribution in [0.4, 0.5) is 8.78 Å². The SMILES string of the molecule is COc1cc(-n2c(C(C)(C)CCc3ccon3)c(-c3ccc(C(=O)O)c(OC)c3)c3c(O)cc(F)cc32)ccc1F. The number of carbonyl (C=O) groups is 1. The Bertz CT molecular complexity index is 1760. The summed E-state index contributed by atoms with van der Waals surface area (Å²) >= 11 is 0. The van der Waals surface area contributed by atoms with Crippen LogP contribution in [0.1, 0.15) is 42.0 Å². The number of fused-ring (bicyclic) bond motifs is 1. The number of ether oxygens (including phenoxy) is 2. The van der Waals surface area contributed by atoms with Crippen LogP contribution in [0.25, 0.3) is 27.7 Å². The molecule has 0 aliphatic rings. The number of hydrogen-bond donors (Lipinski definition) is 2. The first-order chi connectivity index (χ1) is 19.6. The smallest absolute Gasteiger partial charge is 0.339 e. The van der Waals surface area contributed by atoms with E-state index >= 15 is 0 Å². The molecule has 5 rings (SSSR count).